The predicted molar refractivity (Wildman–Crippen MR) is 69.0 cm³/mol. The van der Waals surface area contributed by atoms with Gasteiger partial charge in [-0.15, -0.1) is 23.1 Å². The molecule has 0 aromatic carbocycles. The Morgan fingerprint density at radius 3 is 2.61 bits per heavy atom. The lowest BCUT2D eigenvalue weighted by molar-refractivity contribution is -0.136. The van der Waals surface area contributed by atoms with Crippen LogP contribution in [0.2, 0.25) is 0 Å². The van der Waals surface area contributed by atoms with E-state index in [1.165, 1.54) is 18.7 Å². The van der Waals surface area contributed by atoms with Crippen molar-refractivity contribution in [2.24, 2.45) is 0 Å². The van der Waals surface area contributed by atoms with Gasteiger partial charge in [-0.05, 0) is 13.2 Å². The molecular weight excluding hydrogens is 283 g/mol. The van der Waals surface area contributed by atoms with Gasteiger partial charge >= 0.3 is 6.18 Å². The van der Waals surface area contributed by atoms with Crippen molar-refractivity contribution in [2.45, 2.75) is 30.5 Å². The zero-order valence-corrected chi connectivity index (χ0v) is 11.4. The second-order valence-corrected chi connectivity index (χ2v) is 5.52. The van der Waals surface area contributed by atoms with Crippen LogP contribution in [0.25, 0.3) is 0 Å². The summed E-state index contributed by atoms with van der Waals surface area (Å²) in [6.07, 6.45) is -3.38. The Kier molecular flexibility index (Phi) is 4.76. The molecule has 100 valence electrons. The molecular formula is C10H12F3N3S2. The fraction of sp³-hybridized carbons (Fsp3) is 0.500. The van der Waals surface area contributed by atoms with Crippen molar-refractivity contribution in [3.8, 4) is 6.07 Å². The maximum Gasteiger partial charge on any atom is 0.391 e. The van der Waals surface area contributed by atoms with Crippen molar-refractivity contribution >= 4 is 33.8 Å². The summed E-state index contributed by atoms with van der Waals surface area (Å²) in [4.78, 5) is 0.951. The fourth-order valence-electron chi connectivity index (χ4n) is 1.43. The van der Waals surface area contributed by atoms with Crippen LogP contribution < -0.4 is 11.1 Å². The Bertz CT molecular complexity index is 462. The van der Waals surface area contributed by atoms with Crippen molar-refractivity contribution in [3.05, 3.63) is 4.88 Å². The average Bonchev–Trinajstić information content (AvgIpc) is 2.51. The van der Waals surface area contributed by atoms with Crippen LogP contribution in [-0.2, 0) is 0 Å². The molecule has 1 aromatic rings. The Hall–Kier alpha value is -1.07. The lowest BCUT2D eigenvalue weighted by atomic mass is 10.2. The van der Waals surface area contributed by atoms with Gasteiger partial charge in [-0.3, -0.25) is 0 Å². The molecule has 18 heavy (non-hydrogen) atoms. The number of anilines is 2. The first-order valence-corrected chi connectivity index (χ1v) is 7.02. The third kappa shape index (κ3) is 3.71. The van der Waals surface area contributed by atoms with Gasteiger partial charge in [-0.1, -0.05) is 0 Å². The molecule has 8 heteroatoms. The minimum absolute atomic E-state index is 0.320. The summed E-state index contributed by atoms with van der Waals surface area (Å²) < 4.78 is 36.7. The molecule has 0 radical (unpaired) electrons. The zero-order chi connectivity index (χ0) is 13.9. The van der Waals surface area contributed by atoms with Crippen LogP contribution in [0.4, 0.5) is 23.9 Å². The molecule has 3 nitrogen and oxygen atoms in total. The Morgan fingerprint density at radius 1 is 1.56 bits per heavy atom. The SMILES string of the molecule is CSc1c(NC(C)CC(F)(F)F)sc(C#N)c1N. The smallest absolute Gasteiger partial charge is 0.391 e. The molecule has 0 aliphatic rings. The van der Waals surface area contributed by atoms with Gasteiger partial charge in [-0.2, -0.15) is 18.4 Å². The van der Waals surface area contributed by atoms with Gasteiger partial charge < -0.3 is 11.1 Å². The van der Waals surface area contributed by atoms with Crippen LogP contribution in [0.15, 0.2) is 4.90 Å². The minimum Gasteiger partial charge on any atom is -0.396 e. The van der Waals surface area contributed by atoms with E-state index >= 15 is 0 Å². The lowest BCUT2D eigenvalue weighted by Gasteiger charge is -2.16. The van der Waals surface area contributed by atoms with Crippen LogP contribution in [0.5, 0.6) is 0 Å². The molecule has 1 aromatic heterocycles. The van der Waals surface area contributed by atoms with E-state index in [0.717, 1.165) is 11.3 Å². The highest BCUT2D eigenvalue weighted by molar-refractivity contribution is 7.99. The van der Waals surface area contributed by atoms with E-state index in [9.17, 15) is 13.2 Å². The summed E-state index contributed by atoms with van der Waals surface area (Å²) in [5.41, 5.74) is 6.06. The number of rotatable bonds is 4. The summed E-state index contributed by atoms with van der Waals surface area (Å²) in [6, 6.07) is 1.17. The van der Waals surface area contributed by atoms with Crippen LogP contribution in [0, 0.1) is 11.3 Å². The predicted octanol–water partition coefficient (Wildman–Crippen LogP) is 3.68. The van der Waals surface area contributed by atoms with Crippen LogP contribution in [-0.4, -0.2) is 18.5 Å². The summed E-state index contributed by atoms with van der Waals surface area (Å²) in [6.45, 7) is 1.44. The molecule has 0 spiro atoms. The summed E-state index contributed by atoms with van der Waals surface area (Å²) in [7, 11) is 0. The fourth-order valence-corrected chi connectivity index (χ4v) is 3.36. The van der Waals surface area contributed by atoms with E-state index in [-0.39, 0.29) is 0 Å². The molecule has 1 heterocycles. The standard InChI is InChI=1S/C10H12F3N3S2/c1-5(3-10(11,12)13)16-9-8(17-2)7(15)6(4-14)18-9/h5,16H,3,15H2,1-2H3. The molecule has 0 bridgehead atoms. The van der Waals surface area contributed by atoms with Crippen LogP contribution >= 0.6 is 23.1 Å². The molecule has 0 amide bonds. The normalized spacial score (nSPS) is 13.1. The first kappa shape index (κ1) is 15.0. The molecule has 0 aliphatic heterocycles. The van der Waals surface area contributed by atoms with Gasteiger partial charge in [0.2, 0.25) is 0 Å². The largest absolute Gasteiger partial charge is 0.396 e. The molecule has 0 fully saturated rings. The van der Waals surface area contributed by atoms with Crippen molar-refractivity contribution in [3.63, 3.8) is 0 Å². The van der Waals surface area contributed by atoms with Crippen LogP contribution in [0.3, 0.4) is 0 Å². The summed E-state index contributed by atoms with van der Waals surface area (Å²) in [5.74, 6) is 0. The minimum atomic E-state index is -4.22. The number of nitriles is 1. The molecule has 1 rings (SSSR count). The molecule has 1 atom stereocenters. The number of nitrogens with two attached hydrogens (primary N) is 1. The van der Waals surface area contributed by atoms with Gasteiger partial charge in [-0.25, -0.2) is 0 Å². The number of hydrogen-bond donors (Lipinski definition) is 2. The third-order valence-corrected chi connectivity index (χ3v) is 4.12. The van der Waals surface area contributed by atoms with Crippen molar-refractivity contribution in [1.82, 2.24) is 0 Å². The summed E-state index contributed by atoms with van der Waals surface area (Å²) in [5, 5.41) is 12.1. The van der Waals surface area contributed by atoms with Gasteiger partial charge in [0.25, 0.3) is 0 Å². The topological polar surface area (TPSA) is 61.8 Å². The van der Waals surface area contributed by atoms with Gasteiger partial charge in [0.05, 0.1) is 17.0 Å². The Balaban J connectivity index is 2.88. The van der Waals surface area contributed by atoms with Gasteiger partial charge in [0, 0.05) is 6.04 Å². The highest BCUT2D eigenvalue weighted by Gasteiger charge is 2.30. The van der Waals surface area contributed by atoms with E-state index in [2.05, 4.69) is 5.32 Å². The maximum atomic E-state index is 12.2. The summed E-state index contributed by atoms with van der Waals surface area (Å²) >= 11 is 2.39. The Labute approximate surface area is 111 Å². The van der Waals surface area contributed by atoms with Gasteiger partial charge in [0.15, 0.2) is 0 Å². The first-order chi connectivity index (χ1) is 8.28. The maximum absolute atomic E-state index is 12.2. The zero-order valence-electron chi connectivity index (χ0n) is 9.76. The Morgan fingerprint density at radius 2 is 2.17 bits per heavy atom. The van der Waals surface area contributed by atoms with Crippen molar-refractivity contribution in [2.75, 3.05) is 17.3 Å². The average molecular weight is 295 g/mol. The second-order valence-electron chi connectivity index (χ2n) is 3.68. The molecule has 0 saturated heterocycles. The third-order valence-electron chi connectivity index (χ3n) is 2.12. The number of alkyl halides is 3. The number of thioether (sulfide) groups is 1. The molecule has 0 aliphatic carbocycles. The number of nitrogens with one attached hydrogen (secondary N) is 1. The van der Waals surface area contributed by atoms with Crippen molar-refractivity contribution in [1.29, 1.82) is 5.26 Å². The first-order valence-electron chi connectivity index (χ1n) is 4.98. The number of nitrogen functional groups attached to an aromatic ring is 1. The highest BCUT2D eigenvalue weighted by atomic mass is 32.2. The second kappa shape index (κ2) is 5.71. The van der Waals surface area contributed by atoms with E-state index in [0.29, 0.717) is 20.5 Å². The van der Waals surface area contributed by atoms with E-state index in [1.807, 2.05) is 6.07 Å². The monoisotopic (exact) mass is 295 g/mol. The van der Waals surface area contributed by atoms with E-state index in [4.69, 9.17) is 11.0 Å². The van der Waals surface area contributed by atoms with Gasteiger partial charge in [0.1, 0.15) is 15.9 Å². The number of hydrogen-bond acceptors (Lipinski definition) is 5. The highest BCUT2D eigenvalue weighted by Crippen LogP contribution is 2.41. The van der Waals surface area contributed by atoms with E-state index < -0.39 is 18.6 Å². The lowest BCUT2D eigenvalue weighted by Crippen LogP contribution is -2.23. The molecule has 0 saturated carbocycles. The number of nitrogens with zero attached hydrogens (tertiary/aromatic N) is 1. The molecule has 3 N–H and O–H groups in total. The quantitative estimate of drug-likeness (QED) is 0.832. The van der Waals surface area contributed by atoms with E-state index in [1.54, 1.807) is 6.26 Å². The number of thiophene rings is 1. The number of halogens is 3. The van der Waals surface area contributed by atoms with Crippen molar-refractivity contribution < 1.29 is 13.2 Å². The van der Waals surface area contributed by atoms with Crippen LogP contribution in [0.1, 0.15) is 18.2 Å². The molecule has 1 unspecified atom stereocenters.